The summed E-state index contributed by atoms with van der Waals surface area (Å²) in [6.45, 7) is 0. The van der Waals surface area contributed by atoms with E-state index in [0.29, 0.717) is 11.4 Å². The normalized spacial score (nSPS) is 17.0. The van der Waals surface area contributed by atoms with Crippen molar-refractivity contribution < 1.29 is 9.90 Å². The molecule has 1 aliphatic carbocycles. The molecule has 0 saturated carbocycles. The molecule has 0 heterocycles. The number of phenolic OH excluding ortho intramolecular Hbond substituents is 1. The minimum atomic E-state index is -0.0342. The molecule has 2 aromatic rings. The van der Waals surface area contributed by atoms with Crippen molar-refractivity contribution in [3.05, 3.63) is 53.6 Å². The Morgan fingerprint density at radius 3 is 2.71 bits per heavy atom. The Labute approximate surface area is 123 Å². The summed E-state index contributed by atoms with van der Waals surface area (Å²) >= 11 is 0. The second-order valence-electron chi connectivity index (χ2n) is 5.47. The van der Waals surface area contributed by atoms with E-state index in [-0.39, 0.29) is 17.6 Å². The lowest BCUT2D eigenvalue weighted by molar-refractivity contribution is -0.120. The van der Waals surface area contributed by atoms with Gasteiger partial charge in [0.1, 0.15) is 5.75 Å². The first-order chi connectivity index (χ1) is 10.1. The number of benzene rings is 2. The molecule has 1 unspecified atom stereocenters. The van der Waals surface area contributed by atoms with Gasteiger partial charge in [0.05, 0.1) is 11.4 Å². The van der Waals surface area contributed by atoms with Gasteiger partial charge in [-0.3, -0.25) is 4.79 Å². The van der Waals surface area contributed by atoms with Crippen molar-refractivity contribution in [2.45, 2.75) is 19.3 Å². The van der Waals surface area contributed by atoms with Gasteiger partial charge in [-0.15, -0.1) is 0 Å². The minimum absolute atomic E-state index is 0.0121. The van der Waals surface area contributed by atoms with E-state index in [1.165, 1.54) is 23.3 Å². The zero-order chi connectivity index (χ0) is 14.8. The number of fused-ring (bicyclic) bond motifs is 1. The fourth-order valence-corrected chi connectivity index (χ4v) is 2.82. The molecule has 4 heteroatoms. The molecule has 0 saturated heterocycles. The highest BCUT2D eigenvalue weighted by atomic mass is 16.3. The molecule has 0 aromatic heterocycles. The molecule has 0 bridgehead atoms. The highest BCUT2D eigenvalue weighted by Gasteiger charge is 2.24. The Hall–Kier alpha value is -2.49. The Bertz CT molecular complexity index is 682. The lowest BCUT2D eigenvalue weighted by Crippen LogP contribution is -2.28. The number of carbonyl (C=O) groups excluding carboxylic acids is 1. The predicted octanol–water partition coefficient (Wildman–Crippen LogP) is 2.72. The molecule has 1 amide bonds. The predicted molar refractivity (Wildman–Crippen MR) is 83.1 cm³/mol. The summed E-state index contributed by atoms with van der Waals surface area (Å²) in [5, 5.41) is 12.2. The Morgan fingerprint density at radius 1 is 1.19 bits per heavy atom. The first-order valence-corrected chi connectivity index (χ1v) is 7.09. The largest absolute Gasteiger partial charge is 0.508 e. The number of nitrogens with one attached hydrogen (secondary N) is 1. The van der Waals surface area contributed by atoms with E-state index >= 15 is 0 Å². The molecule has 108 valence electrons. The number of nitrogen functional groups attached to an aromatic ring is 1. The average molecular weight is 282 g/mol. The minimum Gasteiger partial charge on any atom is -0.508 e. The number of amides is 1. The van der Waals surface area contributed by atoms with Crippen LogP contribution in [-0.2, 0) is 17.6 Å². The van der Waals surface area contributed by atoms with Gasteiger partial charge in [-0.25, -0.2) is 0 Å². The number of nitrogens with two attached hydrogens (primary N) is 1. The van der Waals surface area contributed by atoms with Crippen molar-refractivity contribution in [2.75, 3.05) is 11.1 Å². The molecule has 1 atom stereocenters. The van der Waals surface area contributed by atoms with Crippen LogP contribution in [-0.4, -0.2) is 11.0 Å². The van der Waals surface area contributed by atoms with Crippen LogP contribution < -0.4 is 11.1 Å². The van der Waals surface area contributed by atoms with E-state index in [4.69, 9.17) is 5.73 Å². The molecule has 0 radical (unpaired) electrons. The molecule has 2 aromatic carbocycles. The zero-order valence-corrected chi connectivity index (χ0v) is 11.7. The Kier molecular flexibility index (Phi) is 3.52. The van der Waals surface area contributed by atoms with Gasteiger partial charge >= 0.3 is 0 Å². The third kappa shape index (κ3) is 2.84. The maximum Gasteiger partial charge on any atom is 0.227 e. The number of rotatable bonds is 2. The number of anilines is 2. The van der Waals surface area contributed by atoms with Gasteiger partial charge in [0.25, 0.3) is 0 Å². The van der Waals surface area contributed by atoms with Crippen LogP contribution in [0.25, 0.3) is 0 Å². The second kappa shape index (κ2) is 5.48. The first kappa shape index (κ1) is 13.5. The van der Waals surface area contributed by atoms with E-state index in [1.54, 1.807) is 6.07 Å². The molecular formula is C17H18N2O2. The van der Waals surface area contributed by atoms with Gasteiger partial charge in [-0.2, -0.15) is 0 Å². The smallest absolute Gasteiger partial charge is 0.227 e. The van der Waals surface area contributed by atoms with Gasteiger partial charge in [0.2, 0.25) is 5.91 Å². The van der Waals surface area contributed by atoms with Crippen molar-refractivity contribution in [1.29, 1.82) is 0 Å². The second-order valence-corrected chi connectivity index (χ2v) is 5.47. The average Bonchev–Trinajstić information content (AvgIpc) is 2.49. The van der Waals surface area contributed by atoms with Crippen LogP contribution in [0.2, 0.25) is 0 Å². The molecule has 0 spiro atoms. The van der Waals surface area contributed by atoms with Gasteiger partial charge in [-0.1, -0.05) is 24.3 Å². The van der Waals surface area contributed by atoms with Gasteiger partial charge in [-0.05, 0) is 42.5 Å². The molecule has 4 nitrogen and oxygen atoms in total. The van der Waals surface area contributed by atoms with Crippen LogP contribution in [0.5, 0.6) is 5.75 Å². The lowest BCUT2D eigenvalue weighted by atomic mass is 9.83. The summed E-state index contributed by atoms with van der Waals surface area (Å²) in [4.78, 5) is 12.4. The molecule has 0 fully saturated rings. The van der Waals surface area contributed by atoms with E-state index < -0.39 is 0 Å². The summed E-state index contributed by atoms with van der Waals surface area (Å²) in [5.41, 5.74) is 9.32. The highest BCUT2D eigenvalue weighted by molar-refractivity contribution is 5.95. The quantitative estimate of drug-likeness (QED) is 0.585. The van der Waals surface area contributed by atoms with Gasteiger partial charge < -0.3 is 16.2 Å². The SMILES string of the molecule is Nc1cc(O)ccc1NC(=O)C1CCc2ccccc2C1. The zero-order valence-electron chi connectivity index (χ0n) is 11.7. The number of phenols is 1. The van der Waals surface area contributed by atoms with E-state index in [0.717, 1.165) is 19.3 Å². The third-order valence-electron chi connectivity index (χ3n) is 4.01. The summed E-state index contributed by atoms with van der Waals surface area (Å²) in [5.74, 6) is 0.0482. The standard InChI is InChI=1S/C17H18N2O2/c18-15-10-14(20)7-8-16(15)19-17(21)13-6-5-11-3-1-2-4-12(11)9-13/h1-4,7-8,10,13,20H,5-6,9,18H2,(H,19,21). The van der Waals surface area contributed by atoms with E-state index in [2.05, 4.69) is 17.4 Å². The summed E-state index contributed by atoms with van der Waals surface area (Å²) in [7, 11) is 0. The fourth-order valence-electron chi connectivity index (χ4n) is 2.82. The lowest BCUT2D eigenvalue weighted by Gasteiger charge is -2.24. The molecule has 21 heavy (non-hydrogen) atoms. The van der Waals surface area contributed by atoms with Crippen molar-refractivity contribution >= 4 is 17.3 Å². The Balaban J connectivity index is 1.72. The molecule has 4 N–H and O–H groups in total. The number of hydrogen-bond acceptors (Lipinski definition) is 3. The maximum atomic E-state index is 12.4. The van der Waals surface area contributed by atoms with Crippen molar-refractivity contribution in [1.82, 2.24) is 0 Å². The molecule has 1 aliphatic rings. The maximum absolute atomic E-state index is 12.4. The topological polar surface area (TPSA) is 75.3 Å². The van der Waals surface area contributed by atoms with Crippen molar-refractivity contribution in [3.8, 4) is 5.75 Å². The van der Waals surface area contributed by atoms with Crippen LogP contribution >= 0.6 is 0 Å². The first-order valence-electron chi connectivity index (χ1n) is 7.09. The van der Waals surface area contributed by atoms with E-state index in [1.807, 2.05) is 12.1 Å². The number of aromatic hydroxyl groups is 1. The van der Waals surface area contributed by atoms with E-state index in [9.17, 15) is 9.90 Å². The molecule has 0 aliphatic heterocycles. The van der Waals surface area contributed by atoms with Gasteiger partial charge in [0, 0.05) is 12.0 Å². The van der Waals surface area contributed by atoms with Crippen LogP contribution in [0.4, 0.5) is 11.4 Å². The highest BCUT2D eigenvalue weighted by Crippen LogP contribution is 2.28. The molecule has 3 rings (SSSR count). The van der Waals surface area contributed by atoms with Crippen LogP contribution in [0.15, 0.2) is 42.5 Å². The van der Waals surface area contributed by atoms with Crippen molar-refractivity contribution in [2.24, 2.45) is 5.92 Å². The number of hydrogen-bond donors (Lipinski definition) is 3. The number of carbonyl (C=O) groups is 1. The van der Waals surface area contributed by atoms with Crippen LogP contribution in [0, 0.1) is 5.92 Å². The fraction of sp³-hybridized carbons (Fsp3) is 0.235. The summed E-state index contributed by atoms with van der Waals surface area (Å²) < 4.78 is 0. The van der Waals surface area contributed by atoms with Gasteiger partial charge in [0.15, 0.2) is 0 Å². The summed E-state index contributed by atoms with van der Waals surface area (Å²) in [6.07, 6.45) is 2.54. The Morgan fingerprint density at radius 2 is 1.95 bits per heavy atom. The third-order valence-corrected chi connectivity index (χ3v) is 4.01. The van der Waals surface area contributed by atoms with Crippen LogP contribution in [0.3, 0.4) is 0 Å². The van der Waals surface area contributed by atoms with Crippen LogP contribution in [0.1, 0.15) is 17.5 Å². The number of aryl methyl sites for hydroxylation is 1. The van der Waals surface area contributed by atoms with Crippen molar-refractivity contribution in [3.63, 3.8) is 0 Å². The summed E-state index contributed by atoms with van der Waals surface area (Å²) in [6, 6.07) is 12.8. The molecular weight excluding hydrogens is 264 g/mol. The monoisotopic (exact) mass is 282 g/mol.